The van der Waals surface area contributed by atoms with Crippen LogP contribution in [-0.4, -0.2) is 20.8 Å². The summed E-state index contributed by atoms with van der Waals surface area (Å²) in [5.41, 5.74) is 2.08. The van der Waals surface area contributed by atoms with Gasteiger partial charge in [-0.05, 0) is 55.5 Å². The molecule has 1 atom stereocenters. The summed E-state index contributed by atoms with van der Waals surface area (Å²) in [5.74, 6) is -0.107. The van der Waals surface area contributed by atoms with Gasteiger partial charge in [-0.25, -0.2) is 0 Å². The maximum atomic E-state index is 12.5. The third kappa shape index (κ3) is 3.89. The Morgan fingerprint density at radius 1 is 1.27 bits per heavy atom. The molecule has 3 heterocycles. The first-order chi connectivity index (χ1) is 12.4. The van der Waals surface area contributed by atoms with Crippen molar-refractivity contribution in [1.29, 1.82) is 5.26 Å². The van der Waals surface area contributed by atoms with Crippen molar-refractivity contribution >= 4 is 22.6 Å². The number of ketones is 1. The summed E-state index contributed by atoms with van der Waals surface area (Å²) in [6.45, 7) is 6.11. The van der Waals surface area contributed by atoms with Crippen LogP contribution < -0.4 is 0 Å². The van der Waals surface area contributed by atoms with Crippen molar-refractivity contribution in [2.24, 2.45) is 4.99 Å². The van der Waals surface area contributed by atoms with Crippen LogP contribution in [-0.2, 0) is 12.0 Å². The lowest BCUT2D eigenvalue weighted by Gasteiger charge is -2.27. The van der Waals surface area contributed by atoms with Crippen molar-refractivity contribution in [2.45, 2.75) is 32.7 Å². The van der Waals surface area contributed by atoms with E-state index in [1.807, 2.05) is 26.0 Å². The molecular weight excluding hydrogens is 344 g/mol. The maximum absolute atomic E-state index is 12.5. The van der Waals surface area contributed by atoms with Gasteiger partial charge in [0.1, 0.15) is 17.3 Å². The Labute approximate surface area is 156 Å². The molecule has 0 bridgehead atoms. The van der Waals surface area contributed by atoms with Gasteiger partial charge in [-0.2, -0.15) is 5.26 Å². The van der Waals surface area contributed by atoms with E-state index >= 15 is 0 Å². The molecule has 0 saturated heterocycles. The normalized spacial score (nSPS) is 19.3. The van der Waals surface area contributed by atoms with E-state index in [9.17, 15) is 4.79 Å². The van der Waals surface area contributed by atoms with E-state index < -0.39 is 5.54 Å². The van der Waals surface area contributed by atoms with Crippen molar-refractivity contribution in [3.8, 4) is 6.07 Å². The van der Waals surface area contributed by atoms with Crippen LogP contribution >= 0.6 is 11.8 Å². The molecule has 0 spiro atoms. The number of aromatic nitrogens is 2. The summed E-state index contributed by atoms with van der Waals surface area (Å²) < 4.78 is 0. The summed E-state index contributed by atoms with van der Waals surface area (Å²) in [6, 6.07) is 7.15. The number of nitriles is 1. The minimum atomic E-state index is -0.474. The van der Waals surface area contributed by atoms with Crippen LogP contribution in [0.5, 0.6) is 0 Å². The van der Waals surface area contributed by atoms with Crippen LogP contribution in [0.2, 0.25) is 0 Å². The van der Waals surface area contributed by atoms with E-state index in [2.05, 4.69) is 23.0 Å². The number of rotatable bonds is 4. The largest absolute Gasteiger partial charge is 0.292 e. The Hall–Kier alpha value is -2.78. The van der Waals surface area contributed by atoms with Gasteiger partial charge < -0.3 is 0 Å². The summed E-state index contributed by atoms with van der Waals surface area (Å²) in [7, 11) is 0. The SMILES string of the molecule is CC1=CC(C)(c2cncc(CC(=O)c3ccc(C#N)cn3)c2)N=C(C)S1. The van der Waals surface area contributed by atoms with Crippen LogP contribution in [0.3, 0.4) is 0 Å². The van der Waals surface area contributed by atoms with Crippen LogP contribution in [0.4, 0.5) is 0 Å². The van der Waals surface area contributed by atoms with Gasteiger partial charge in [0.05, 0.1) is 10.6 Å². The Kier molecular flexibility index (Phi) is 5.01. The fraction of sp³-hybridized carbons (Fsp3) is 0.250. The van der Waals surface area contributed by atoms with Crippen molar-refractivity contribution in [3.05, 3.63) is 70.2 Å². The van der Waals surface area contributed by atoms with Gasteiger partial charge in [-0.1, -0.05) is 11.8 Å². The molecule has 26 heavy (non-hydrogen) atoms. The highest BCUT2D eigenvalue weighted by molar-refractivity contribution is 8.17. The molecule has 0 fully saturated rings. The zero-order chi connectivity index (χ0) is 18.7. The van der Waals surface area contributed by atoms with E-state index in [4.69, 9.17) is 10.3 Å². The van der Waals surface area contributed by atoms with E-state index in [0.29, 0.717) is 11.3 Å². The highest BCUT2D eigenvalue weighted by Crippen LogP contribution is 2.36. The zero-order valence-corrected chi connectivity index (χ0v) is 15.7. The molecule has 0 aliphatic carbocycles. The first-order valence-electron chi connectivity index (χ1n) is 8.17. The van der Waals surface area contributed by atoms with Crippen LogP contribution in [0, 0.1) is 11.3 Å². The van der Waals surface area contributed by atoms with Crippen molar-refractivity contribution < 1.29 is 4.79 Å². The predicted octanol–water partition coefficient (Wildman–Crippen LogP) is 4.06. The van der Waals surface area contributed by atoms with Gasteiger partial charge >= 0.3 is 0 Å². The van der Waals surface area contributed by atoms with Crippen molar-refractivity contribution in [3.63, 3.8) is 0 Å². The average Bonchev–Trinajstić information content (AvgIpc) is 2.61. The summed E-state index contributed by atoms with van der Waals surface area (Å²) in [4.78, 5) is 26.8. The number of carbonyl (C=O) groups excluding carboxylic acids is 1. The third-order valence-electron chi connectivity index (χ3n) is 4.10. The molecule has 5 nitrogen and oxygen atoms in total. The molecule has 130 valence electrons. The molecular formula is C20H18N4OS. The van der Waals surface area contributed by atoms with E-state index in [0.717, 1.165) is 16.2 Å². The number of hydrogen-bond donors (Lipinski definition) is 0. The number of aliphatic imine (C=N–C) groups is 1. The lowest BCUT2D eigenvalue weighted by atomic mass is 9.91. The molecule has 0 radical (unpaired) electrons. The molecule has 0 saturated carbocycles. The number of thioether (sulfide) groups is 1. The lowest BCUT2D eigenvalue weighted by molar-refractivity contribution is 0.0988. The van der Waals surface area contributed by atoms with E-state index in [1.165, 1.54) is 11.1 Å². The second kappa shape index (κ2) is 7.22. The van der Waals surface area contributed by atoms with Crippen molar-refractivity contribution in [1.82, 2.24) is 9.97 Å². The fourth-order valence-corrected chi connectivity index (χ4v) is 3.94. The zero-order valence-electron chi connectivity index (χ0n) is 14.9. The minimum Gasteiger partial charge on any atom is -0.292 e. The summed E-state index contributed by atoms with van der Waals surface area (Å²) >= 11 is 1.66. The van der Waals surface area contributed by atoms with Gasteiger partial charge in [-0.15, -0.1) is 0 Å². The topological polar surface area (TPSA) is 79.0 Å². The van der Waals surface area contributed by atoms with Crippen LogP contribution in [0.15, 0.2) is 52.8 Å². The number of pyridine rings is 2. The second-order valence-electron chi connectivity index (χ2n) is 6.36. The molecule has 1 aliphatic rings. The highest BCUT2D eigenvalue weighted by Gasteiger charge is 2.27. The highest BCUT2D eigenvalue weighted by atomic mass is 32.2. The van der Waals surface area contributed by atoms with Gasteiger partial charge in [-0.3, -0.25) is 19.8 Å². The van der Waals surface area contributed by atoms with Gasteiger partial charge in [0.2, 0.25) is 0 Å². The van der Waals surface area contributed by atoms with Gasteiger partial charge in [0.15, 0.2) is 5.78 Å². The fourth-order valence-electron chi connectivity index (χ4n) is 2.95. The smallest absolute Gasteiger partial charge is 0.185 e. The van der Waals surface area contributed by atoms with E-state index in [-0.39, 0.29) is 12.2 Å². The number of allylic oxidation sites excluding steroid dienone is 1. The summed E-state index contributed by atoms with van der Waals surface area (Å²) in [5, 5.41) is 9.83. The molecule has 1 aliphatic heterocycles. The standard InChI is InChI=1S/C20H18N4OS/c1-13-8-20(3,24-14(2)26-13)17-6-16(10-22-12-17)7-19(25)18-5-4-15(9-21)11-23-18/h4-6,8,10-12H,7H2,1-3H3. The Morgan fingerprint density at radius 2 is 2.08 bits per heavy atom. The number of carbonyl (C=O) groups is 1. The molecule has 2 aromatic rings. The average molecular weight is 362 g/mol. The Morgan fingerprint density at radius 3 is 2.73 bits per heavy atom. The Balaban J connectivity index is 1.84. The quantitative estimate of drug-likeness (QED) is 0.766. The van der Waals surface area contributed by atoms with Gasteiger partial charge in [0, 0.05) is 30.6 Å². The second-order valence-corrected chi connectivity index (χ2v) is 7.80. The van der Waals surface area contributed by atoms with Crippen molar-refractivity contribution in [2.75, 3.05) is 0 Å². The number of nitrogens with zero attached hydrogens (tertiary/aromatic N) is 4. The van der Waals surface area contributed by atoms with Crippen LogP contribution in [0.1, 0.15) is 48.0 Å². The first-order valence-corrected chi connectivity index (χ1v) is 8.99. The molecule has 1 unspecified atom stereocenters. The lowest BCUT2D eigenvalue weighted by Crippen LogP contribution is -2.21. The molecule has 0 amide bonds. The van der Waals surface area contributed by atoms with Gasteiger partial charge in [0.25, 0.3) is 0 Å². The first kappa shape index (κ1) is 18.0. The minimum absolute atomic E-state index is 0.107. The summed E-state index contributed by atoms with van der Waals surface area (Å²) in [6.07, 6.45) is 7.22. The molecule has 0 N–H and O–H groups in total. The Bertz CT molecular complexity index is 937. The monoisotopic (exact) mass is 362 g/mol. The molecule has 6 heteroatoms. The third-order valence-corrected chi connectivity index (χ3v) is 4.93. The molecule has 0 aromatic carbocycles. The van der Waals surface area contributed by atoms with E-state index in [1.54, 1.807) is 36.3 Å². The maximum Gasteiger partial charge on any atom is 0.185 e. The number of Topliss-reactive ketones (excluding diaryl/α,β-unsaturated/α-hetero) is 1. The molecule has 2 aromatic heterocycles. The number of hydrogen-bond acceptors (Lipinski definition) is 6. The predicted molar refractivity (Wildman–Crippen MR) is 103 cm³/mol. The molecule has 3 rings (SSSR count). The van der Waals surface area contributed by atoms with Crippen LogP contribution in [0.25, 0.3) is 0 Å².